The summed E-state index contributed by atoms with van der Waals surface area (Å²) in [6.07, 6.45) is -4.80. The van der Waals surface area contributed by atoms with E-state index in [1.165, 1.54) is 25.1 Å². The van der Waals surface area contributed by atoms with Crippen molar-refractivity contribution in [1.82, 2.24) is 4.57 Å². The Labute approximate surface area is 162 Å². The lowest BCUT2D eigenvalue weighted by Gasteiger charge is -2.12. The van der Waals surface area contributed by atoms with Crippen LogP contribution in [0.25, 0.3) is 10.9 Å². The lowest BCUT2D eigenvalue weighted by atomic mass is 9.98. The third kappa shape index (κ3) is 4.13. The minimum Gasteiger partial charge on any atom is -0.505 e. The maximum atomic E-state index is 14.0. The molecule has 2 N–H and O–H groups in total. The van der Waals surface area contributed by atoms with Crippen molar-refractivity contribution in [2.75, 3.05) is 0 Å². The molecule has 0 amide bonds. The fourth-order valence-corrected chi connectivity index (χ4v) is 3.36. The fraction of sp³-hybridized carbons (Fsp3) is 0.250. The number of aliphatic carboxylic acids is 1. The fourth-order valence-electron chi connectivity index (χ4n) is 3.36. The van der Waals surface area contributed by atoms with E-state index in [0.29, 0.717) is 27.7 Å². The number of carboxylic acid groups (broad SMARTS) is 1. The van der Waals surface area contributed by atoms with Crippen molar-refractivity contribution in [3.63, 3.8) is 0 Å². The molecule has 154 valence electrons. The minimum absolute atomic E-state index is 0.158. The van der Waals surface area contributed by atoms with Gasteiger partial charge in [-0.05, 0) is 43.2 Å². The first-order valence-electron chi connectivity index (χ1n) is 8.56. The molecule has 1 atom stereocenters. The molecule has 5 nitrogen and oxygen atoms in total. The first kappa shape index (κ1) is 20.5. The van der Waals surface area contributed by atoms with E-state index in [-0.39, 0.29) is 12.3 Å². The minimum atomic E-state index is -4.80. The van der Waals surface area contributed by atoms with E-state index in [0.717, 1.165) is 18.2 Å². The van der Waals surface area contributed by atoms with E-state index >= 15 is 0 Å². The van der Waals surface area contributed by atoms with E-state index in [1.54, 1.807) is 11.5 Å². The number of alkyl halides is 3. The van der Waals surface area contributed by atoms with Crippen LogP contribution in [0.1, 0.15) is 29.7 Å². The highest BCUT2D eigenvalue weighted by Gasteiger charge is 2.31. The molecule has 29 heavy (non-hydrogen) atoms. The van der Waals surface area contributed by atoms with Gasteiger partial charge in [-0.25, -0.2) is 4.39 Å². The average Bonchev–Trinajstić information content (AvgIpc) is 2.86. The summed E-state index contributed by atoms with van der Waals surface area (Å²) < 4.78 is 56.4. The second-order valence-corrected chi connectivity index (χ2v) is 6.66. The van der Waals surface area contributed by atoms with Crippen molar-refractivity contribution < 1.29 is 37.3 Å². The van der Waals surface area contributed by atoms with E-state index < -0.39 is 29.8 Å². The van der Waals surface area contributed by atoms with E-state index in [2.05, 4.69) is 4.74 Å². The number of carboxylic acids is 1. The van der Waals surface area contributed by atoms with Gasteiger partial charge in [-0.1, -0.05) is 12.1 Å². The van der Waals surface area contributed by atoms with Gasteiger partial charge >= 0.3 is 12.3 Å². The number of rotatable bonds is 5. The Balaban J connectivity index is 2.06. The van der Waals surface area contributed by atoms with Crippen LogP contribution < -0.4 is 4.74 Å². The molecule has 3 rings (SSSR count). The second kappa shape index (κ2) is 7.31. The van der Waals surface area contributed by atoms with Gasteiger partial charge in [0.2, 0.25) is 0 Å². The zero-order valence-electron chi connectivity index (χ0n) is 15.4. The van der Waals surface area contributed by atoms with Crippen LogP contribution in [0.4, 0.5) is 17.6 Å². The number of nitrogens with zero attached hydrogens (tertiary/aromatic N) is 1. The van der Waals surface area contributed by atoms with Gasteiger partial charge in [0.25, 0.3) is 0 Å². The Kier molecular flexibility index (Phi) is 5.16. The molecule has 1 unspecified atom stereocenters. The molecule has 0 saturated heterocycles. The summed E-state index contributed by atoms with van der Waals surface area (Å²) in [5.41, 5.74) is 1.95. The number of halogens is 4. The Bertz CT molecular complexity index is 1070. The van der Waals surface area contributed by atoms with Crippen LogP contribution in [0.5, 0.6) is 11.5 Å². The topological polar surface area (TPSA) is 71.7 Å². The van der Waals surface area contributed by atoms with Gasteiger partial charge < -0.3 is 19.5 Å². The summed E-state index contributed by atoms with van der Waals surface area (Å²) in [5.74, 6) is -3.82. The molecule has 0 aliphatic rings. The maximum absolute atomic E-state index is 14.0. The molecule has 0 saturated carbocycles. The quantitative estimate of drug-likeness (QED) is 0.584. The Morgan fingerprint density at radius 3 is 2.38 bits per heavy atom. The summed E-state index contributed by atoms with van der Waals surface area (Å²) in [6.45, 7) is 3.31. The first-order valence-corrected chi connectivity index (χ1v) is 8.56. The molecule has 0 bridgehead atoms. The highest BCUT2D eigenvalue weighted by atomic mass is 19.4. The van der Waals surface area contributed by atoms with Crippen LogP contribution >= 0.6 is 0 Å². The predicted octanol–water partition coefficient (Wildman–Crippen LogP) is 4.93. The van der Waals surface area contributed by atoms with E-state index in [9.17, 15) is 32.6 Å². The van der Waals surface area contributed by atoms with Crippen molar-refractivity contribution in [1.29, 1.82) is 0 Å². The van der Waals surface area contributed by atoms with Gasteiger partial charge in [0.05, 0.1) is 11.4 Å². The third-order valence-electron chi connectivity index (χ3n) is 4.74. The molecule has 3 aromatic rings. The number of ether oxygens (including phenoxy) is 1. The molecule has 1 heterocycles. The highest BCUT2D eigenvalue weighted by molar-refractivity contribution is 5.92. The molecule has 2 aromatic carbocycles. The van der Waals surface area contributed by atoms with Crippen molar-refractivity contribution in [3.8, 4) is 11.5 Å². The summed E-state index contributed by atoms with van der Waals surface area (Å²) >= 11 is 0. The van der Waals surface area contributed by atoms with Gasteiger partial charge in [0, 0.05) is 23.7 Å². The molecule has 0 radical (unpaired) electrons. The van der Waals surface area contributed by atoms with Gasteiger partial charge in [0.15, 0.2) is 11.6 Å². The normalized spacial score (nSPS) is 12.9. The number of hydrogen-bond acceptors (Lipinski definition) is 3. The number of hydrogen-bond donors (Lipinski definition) is 2. The summed E-state index contributed by atoms with van der Waals surface area (Å²) in [6, 6.07) is 7.49. The number of aromatic hydroxyl groups is 1. The monoisotopic (exact) mass is 411 g/mol. The number of phenols is 1. The van der Waals surface area contributed by atoms with E-state index in [4.69, 9.17) is 0 Å². The average molecular weight is 411 g/mol. The molecule has 9 heteroatoms. The highest BCUT2D eigenvalue weighted by Crippen LogP contribution is 2.36. The summed E-state index contributed by atoms with van der Waals surface area (Å²) in [5, 5.41) is 19.5. The zero-order chi connectivity index (χ0) is 21.5. The van der Waals surface area contributed by atoms with Crippen molar-refractivity contribution in [2.24, 2.45) is 0 Å². The largest absolute Gasteiger partial charge is 0.573 e. The molecule has 1 aromatic heterocycles. The maximum Gasteiger partial charge on any atom is 0.573 e. The number of carbonyl (C=O) groups is 1. The first-order chi connectivity index (χ1) is 13.5. The second-order valence-electron chi connectivity index (χ2n) is 6.66. The van der Waals surface area contributed by atoms with Crippen LogP contribution in [0, 0.1) is 12.7 Å². The predicted molar refractivity (Wildman–Crippen MR) is 96.6 cm³/mol. The van der Waals surface area contributed by atoms with E-state index in [1.807, 2.05) is 0 Å². The summed E-state index contributed by atoms with van der Waals surface area (Å²) in [7, 11) is 0. The Morgan fingerprint density at radius 2 is 1.83 bits per heavy atom. The molecular weight excluding hydrogens is 394 g/mol. The van der Waals surface area contributed by atoms with Gasteiger partial charge in [0.1, 0.15) is 5.75 Å². The molecular formula is C20H17F4NO4. The van der Waals surface area contributed by atoms with Crippen LogP contribution in [0.3, 0.4) is 0 Å². The zero-order valence-corrected chi connectivity index (χ0v) is 15.4. The molecule has 0 spiro atoms. The van der Waals surface area contributed by atoms with Crippen LogP contribution in [-0.2, 0) is 11.3 Å². The number of phenolic OH excluding ortho intramolecular Hbond substituents is 1. The summed E-state index contributed by atoms with van der Waals surface area (Å²) in [4.78, 5) is 11.5. The van der Waals surface area contributed by atoms with Gasteiger partial charge in [-0.2, -0.15) is 0 Å². The number of aromatic nitrogens is 1. The lowest BCUT2D eigenvalue weighted by Crippen LogP contribution is -2.17. The van der Waals surface area contributed by atoms with Crippen molar-refractivity contribution >= 4 is 16.9 Å². The molecule has 0 fully saturated rings. The van der Waals surface area contributed by atoms with Gasteiger partial charge in [-0.3, -0.25) is 4.79 Å². The lowest BCUT2D eigenvalue weighted by molar-refractivity contribution is -0.274. The SMILES string of the molecule is Cc1c(C(C)C(=O)O)c2cc(O)c(F)cc2n1Cc1ccc(OC(F)(F)F)cc1. The standard InChI is InChI=1S/C20H17F4NO4/c1-10(19(27)28)18-11(2)25(16-8-15(21)17(26)7-14(16)18)9-12-3-5-13(6-4-12)29-20(22,23)24/h3-8,10,26H,9H2,1-2H3,(H,27,28). The van der Waals surface area contributed by atoms with Crippen LogP contribution in [0.15, 0.2) is 36.4 Å². The van der Waals surface area contributed by atoms with Crippen molar-refractivity contribution in [2.45, 2.75) is 32.7 Å². The number of fused-ring (bicyclic) bond motifs is 1. The smallest absolute Gasteiger partial charge is 0.505 e. The third-order valence-corrected chi connectivity index (χ3v) is 4.74. The molecule has 0 aliphatic carbocycles. The van der Waals surface area contributed by atoms with Crippen molar-refractivity contribution in [3.05, 3.63) is 59.0 Å². The number of benzene rings is 2. The van der Waals surface area contributed by atoms with Gasteiger partial charge in [-0.15, -0.1) is 13.2 Å². The Morgan fingerprint density at radius 1 is 1.21 bits per heavy atom. The van der Waals surface area contributed by atoms with Crippen LogP contribution in [0.2, 0.25) is 0 Å². The Hall–Kier alpha value is -3.23. The van der Waals surface area contributed by atoms with Crippen LogP contribution in [-0.4, -0.2) is 27.1 Å². The molecule has 0 aliphatic heterocycles.